The van der Waals surface area contributed by atoms with E-state index >= 15 is 0 Å². The maximum atomic E-state index is 11.8. The second kappa shape index (κ2) is 8.93. The quantitative estimate of drug-likeness (QED) is 0.575. The highest BCUT2D eigenvalue weighted by molar-refractivity contribution is 7.90. The molecule has 0 aliphatic carbocycles. The molecule has 166 valence electrons. The molecule has 0 radical (unpaired) electrons. The van der Waals surface area contributed by atoms with Crippen LogP contribution in [0.25, 0.3) is 10.9 Å². The fraction of sp³-hybridized carbons (Fsp3) is 0.417. The molecular formula is C24H30N2O4S. The predicted octanol–water partition coefficient (Wildman–Crippen LogP) is 3.76. The highest BCUT2D eigenvalue weighted by Crippen LogP contribution is 2.40. The van der Waals surface area contributed by atoms with E-state index < -0.39 is 9.84 Å². The van der Waals surface area contributed by atoms with E-state index in [0.717, 1.165) is 37.1 Å². The molecule has 2 heterocycles. The van der Waals surface area contributed by atoms with Crippen molar-refractivity contribution in [3.63, 3.8) is 0 Å². The van der Waals surface area contributed by atoms with Crippen LogP contribution < -0.4 is 9.47 Å². The van der Waals surface area contributed by atoms with Crippen molar-refractivity contribution in [3.8, 4) is 11.5 Å². The van der Waals surface area contributed by atoms with E-state index in [1.54, 1.807) is 14.2 Å². The van der Waals surface area contributed by atoms with Crippen LogP contribution in [-0.4, -0.2) is 57.6 Å². The number of benzene rings is 2. The summed E-state index contributed by atoms with van der Waals surface area (Å²) in [4.78, 5) is 5.66. The maximum Gasteiger partial charge on any atom is 0.161 e. The summed E-state index contributed by atoms with van der Waals surface area (Å²) in [5.41, 5.74) is 4.88. The van der Waals surface area contributed by atoms with E-state index in [1.165, 1.54) is 28.3 Å². The van der Waals surface area contributed by atoms with E-state index in [9.17, 15) is 8.42 Å². The summed E-state index contributed by atoms with van der Waals surface area (Å²) in [6.07, 6.45) is 6.05. The van der Waals surface area contributed by atoms with Gasteiger partial charge in [0.1, 0.15) is 9.84 Å². The Labute approximate surface area is 184 Å². The Kier molecular flexibility index (Phi) is 6.25. The molecule has 1 unspecified atom stereocenters. The Balaban J connectivity index is 1.65. The number of aromatic nitrogens is 1. The zero-order valence-electron chi connectivity index (χ0n) is 18.3. The number of hydrogen-bond acceptors (Lipinski definition) is 5. The van der Waals surface area contributed by atoms with Crippen molar-refractivity contribution in [2.75, 3.05) is 39.3 Å². The van der Waals surface area contributed by atoms with Crippen LogP contribution in [0.5, 0.6) is 11.5 Å². The minimum atomic E-state index is -3.03. The lowest BCUT2D eigenvalue weighted by Crippen LogP contribution is -2.38. The molecule has 1 aromatic heterocycles. The van der Waals surface area contributed by atoms with Gasteiger partial charge in [0.15, 0.2) is 11.5 Å². The van der Waals surface area contributed by atoms with Crippen LogP contribution in [0, 0.1) is 0 Å². The molecule has 0 amide bonds. The molecule has 3 aromatic rings. The van der Waals surface area contributed by atoms with Gasteiger partial charge in [-0.05, 0) is 54.2 Å². The van der Waals surface area contributed by atoms with Crippen molar-refractivity contribution in [2.45, 2.75) is 25.3 Å². The minimum Gasteiger partial charge on any atom is -0.493 e. The third-order valence-electron chi connectivity index (χ3n) is 6.22. The van der Waals surface area contributed by atoms with Gasteiger partial charge < -0.3 is 14.5 Å². The van der Waals surface area contributed by atoms with Crippen LogP contribution >= 0.6 is 0 Å². The fourth-order valence-corrected chi connectivity index (χ4v) is 5.17. The van der Waals surface area contributed by atoms with Crippen LogP contribution in [0.15, 0.2) is 42.6 Å². The highest BCUT2D eigenvalue weighted by Gasteiger charge is 2.29. The van der Waals surface area contributed by atoms with Gasteiger partial charge in [0, 0.05) is 42.5 Å². The lowest BCUT2D eigenvalue weighted by Gasteiger charge is -2.38. The van der Waals surface area contributed by atoms with Crippen molar-refractivity contribution in [1.29, 1.82) is 0 Å². The average molecular weight is 443 g/mol. The SMILES string of the molecule is COc1cc2c(cc1OC)C(CCc1c[nH]c3ccccc13)N(CCS(C)(=O)=O)CC2. The van der Waals surface area contributed by atoms with Crippen molar-refractivity contribution in [2.24, 2.45) is 0 Å². The monoisotopic (exact) mass is 442 g/mol. The van der Waals surface area contributed by atoms with Gasteiger partial charge in [-0.15, -0.1) is 0 Å². The molecule has 0 bridgehead atoms. The van der Waals surface area contributed by atoms with E-state index in [-0.39, 0.29) is 11.8 Å². The van der Waals surface area contributed by atoms with E-state index in [4.69, 9.17) is 9.47 Å². The number of nitrogens with one attached hydrogen (secondary N) is 1. The van der Waals surface area contributed by atoms with Crippen LogP contribution in [0.1, 0.15) is 29.2 Å². The second-order valence-electron chi connectivity index (χ2n) is 8.24. The second-order valence-corrected chi connectivity index (χ2v) is 10.5. The smallest absolute Gasteiger partial charge is 0.161 e. The molecule has 31 heavy (non-hydrogen) atoms. The van der Waals surface area contributed by atoms with Gasteiger partial charge in [-0.25, -0.2) is 8.42 Å². The number of fused-ring (bicyclic) bond motifs is 2. The molecule has 1 atom stereocenters. The summed E-state index contributed by atoms with van der Waals surface area (Å²) in [6, 6.07) is 12.6. The van der Waals surface area contributed by atoms with Gasteiger partial charge in [-0.2, -0.15) is 0 Å². The normalized spacial score (nSPS) is 16.9. The molecule has 0 saturated heterocycles. The van der Waals surface area contributed by atoms with Gasteiger partial charge in [0.2, 0.25) is 0 Å². The first kappa shape index (κ1) is 21.7. The first-order valence-corrected chi connectivity index (χ1v) is 12.7. The number of H-pyrrole nitrogens is 1. The molecule has 1 aliphatic heterocycles. The summed E-state index contributed by atoms with van der Waals surface area (Å²) in [7, 11) is 0.275. The highest BCUT2D eigenvalue weighted by atomic mass is 32.2. The lowest BCUT2D eigenvalue weighted by molar-refractivity contribution is 0.185. The average Bonchev–Trinajstić information content (AvgIpc) is 3.17. The van der Waals surface area contributed by atoms with Crippen LogP contribution in [0.2, 0.25) is 0 Å². The third-order valence-corrected chi connectivity index (χ3v) is 7.15. The number of hydrogen-bond donors (Lipinski definition) is 1. The van der Waals surface area contributed by atoms with Crippen LogP contribution in [-0.2, 0) is 22.7 Å². The number of rotatable bonds is 8. The number of sulfone groups is 1. The lowest BCUT2D eigenvalue weighted by atomic mass is 9.88. The number of ether oxygens (including phenoxy) is 2. The Morgan fingerprint density at radius 1 is 1.13 bits per heavy atom. The Morgan fingerprint density at radius 2 is 1.87 bits per heavy atom. The molecule has 6 nitrogen and oxygen atoms in total. The molecule has 4 rings (SSSR count). The summed E-state index contributed by atoms with van der Waals surface area (Å²) in [5.74, 6) is 1.61. The topological polar surface area (TPSA) is 71.6 Å². The Morgan fingerprint density at radius 3 is 2.61 bits per heavy atom. The standard InChI is InChI=1S/C24H30N2O4S/c1-29-23-14-17-10-11-26(12-13-31(3,27)28)22(20(17)15-24(23)30-2)9-8-18-16-25-21-7-5-4-6-19(18)21/h4-7,14-16,22,25H,8-13H2,1-3H3. The van der Waals surface area contributed by atoms with Gasteiger partial charge >= 0.3 is 0 Å². The van der Waals surface area contributed by atoms with Crippen LogP contribution in [0.3, 0.4) is 0 Å². The first-order chi connectivity index (χ1) is 14.9. The number of para-hydroxylation sites is 1. The molecule has 7 heteroatoms. The molecule has 2 aromatic carbocycles. The molecule has 0 fully saturated rings. The third kappa shape index (κ3) is 4.72. The summed E-state index contributed by atoms with van der Waals surface area (Å²) < 4.78 is 34.7. The van der Waals surface area contributed by atoms with E-state index in [2.05, 4.69) is 46.4 Å². The fourth-order valence-electron chi connectivity index (χ4n) is 4.60. The minimum absolute atomic E-state index is 0.124. The van der Waals surface area contributed by atoms with Gasteiger partial charge in [0.05, 0.1) is 20.0 Å². The van der Waals surface area contributed by atoms with Crippen molar-refractivity contribution in [1.82, 2.24) is 9.88 Å². The molecule has 0 spiro atoms. The largest absolute Gasteiger partial charge is 0.493 e. The summed E-state index contributed by atoms with van der Waals surface area (Å²) in [6.45, 7) is 1.36. The number of aryl methyl sites for hydroxylation is 1. The molecular weight excluding hydrogens is 412 g/mol. The summed E-state index contributed by atoms with van der Waals surface area (Å²) >= 11 is 0. The maximum absolute atomic E-state index is 11.8. The zero-order chi connectivity index (χ0) is 22.0. The van der Waals surface area contributed by atoms with Crippen molar-refractivity contribution >= 4 is 20.7 Å². The predicted molar refractivity (Wildman–Crippen MR) is 124 cm³/mol. The van der Waals surface area contributed by atoms with Crippen molar-refractivity contribution in [3.05, 3.63) is 59.3 Å². The van der Waals surface area contributed by atoms with Crippen LogP contribution in [0.4, 0.5) is 0 Å². The molecule has 1 aliphatic rings. The van der Waals surface area contributed by atoms with E-state index in [0.29, 0.717) is 12.3 Å². The van der Waals surface area contributed by atoms with Gasteiger partial charge in [-0.1, -0.05) is 18.2 Å². The molecule has 0 saturated carbocycles. The van der Waals surface area contributed by atoms with E-state index in [1.807, 2.05) is 6.07 Å². The van der Waals surface area contributed by atoms with Gasteiger partial charge in [-0.3, -0.25) is 4.90 Å². The van der Waals surface area contributed by atoms with Gasteiger partial charge in [0.25, 0.3) is 0 Å². The molecule has 1 N–H and O–H groups in total. The number of methoxy groups -OCH3 is 2. The summed E-state index contributed by atoms with van der Waals surface area (Å²) in [5, 5.41) is 1.24. The Hall–Kier alpha value is -2.51. The first-order valence-electron chi connectivity index (χ1n) is 10.6. The zero-order valence-corrected chi connectivity index (χ0v) is 19.2. The number of nitrogens with zero attached hydrogens (tertiary/aromatic N) is 1. The van der Waals surface area contributed by atoms with Crippen molar-refractivity contribution < 1.29 is 17.9 Å². The Bertz CT molecular complexity index is 1170. The number of aromatic amines is 1.